The molecule has 0 atom stereocenters. The molecule has 0 unspecified atom stereocenters. The fraction of sp³-hybridized carbons (Fsp3) is 0.368. The highest BCUT2D eigenvalue weighted by Crippen LogP contribution is 2.30. The van der Waals surface area contributed by atoms with E-state index in [-0.39, 0.29) is 24.0 Å². The fourth-order valence-electron chi connectivity index (χ4n) is 2.30. The SMILES string of the molecule is CCNC(=NCc1ncccc1C)Nc1ccc(OC)c(OCC)c1.I. The molecule has 6 nitrogen and oxygen atoms in total. The third-order valence-corrected chi connectivity index (χ3v) is 3.58. The number of rotatable bonds is 7. The number of aromatic nitrogens is 1. The maximum Gasteiger partial charge on any atom is 0.196 e. The number of benzene rings is 1. The summed E-state index contributed by atoms with van der Waals surface area (Å²) < 4.78 is 10.9. The molecule has 1 aromatic heterocycles. The number of halogens is 1. The van der Waals surface area contributed by atoms with Crippen LogP contribution in [0.15, 0.2) is 41.5 Å². The van der Waals surface area contributed by atoms with E-state index in [0.29, 0.717) is 30.6 Å². The molecule has 142 valence electrons. The van der Waals surface area contributed by atoms with Gasteiger partial charge >= 0.3 is 0 Å². The molecule has 0 radical (unpaired) electrons. The molecule has 7 heteroatoms. The number of guanidine groups is 1. The Hall–Kier alpha value is -2.03. The van der Waals surface area contributed by atoms with E-state index in [1.165, 1.54) is 0 Å². The molecule has 0 spiro atoms. The van der Waals surface area contributed by atoms with Gasteiger partial charge in [-0.3, -0.25) is 4.98 Å². The topological polar surface area (TPSA) is 67.8 Å². The Morgan fingerprint density at radius 2 is 2.00 bits per heavy atom. The van der Waals surface area contributed by atoms with Gasteiger partial charge in [-0.05, 0) is 44.5 Å². The van der Waals surface area contributed by atoms with Crippen molar-refractivity contribution in [2.75, 3.05) is 25.6 Å². The summed E-state index contributed by atoms with van der Waals surface area (Å²) in [5, 5.41) is 6.54. The van der Waals surface area contributed by atoms with Crippen molar-refractivity contribution in [3.05, 3.63) is 47.8 Å². The summed E-state index contributed by atoms with van der Waals surface area (Å²) in [6, 6.07) is 9.68. The van der Waals surface area contributed by atoms with E-state index in [9.17, 15) is 0 Å². The first-order valence-corrected chi connectivity index (χ1v) is 8.44. The summed E-state index contributed by atoms with van der Waals surface area (Å²) in [6.45, 7) is 7.87. The van der Waals surface area contributed by atoms with Crippen LogP contribution in [0.2, 0.25) is 0 Å². The van der Waals surface area contributed by atoms with Crippen LogP contribution in [0.5, 0.6) is 11.5 Å². The number of pyridine rings is 1. The molecule has 0 bridgehead atoms. The van der Waals surface area contributed by atoms with Gasteiger partial charge in [-0.1, -0.05) is 6.07 Å². The third kappa shape index (κ3) is 6.36. The van der Waals surface area contributed by atoms with Gasteiger partial charge in [0.05, 0.1) is 26.0 Å². The number of nitrogens with zero attached hydrogens (tertiary/aromatic N) is 2. The summed E-state index contributed by atoms with van der Waals surface area (Å²) in [7, 11) is 1.63. The first kappa shape index (κ1) is 22.0. The van der Waals surface area contributed by atoms with E-state index in [0.717, 1.165) is 23.5 Å². The zero-order valence-electron chi connectivity index (χ0n) is 15.7. The average molecular weight is 470 g/mol. The molecule has 2 rings (SSSR count). The molecule has 0 aliphatic carbocycles. The van der Waals surface area contributed by atoms with Crippen molar-refractivity contribution in [3.63, 3.8) is 0 Å². The minimum atomic E-state index is 0. The third-order valence-electron chi connectivity index (χ3n) is 3.58. The summed E-state index contributed by atoms with van der Waals surface area (Å²) in [6.07, 6.45) is 1.79. The van der Waals surface area contributed by atoms with Crippen LogP contribution in [0.25, 0.3) is 0 Å². The summed E-state index contributed by atoms with van der Waals surface area (Å²) in [5.74, 6) is 2.10. The highest BCUT2D eigenvalue weighted by molar-refractivity contribution is 14.0. The number of hydrogen-bond donors (Lipinski definition) is 2. The molecule has 1 aromatic carbocycles. The summed E-state index contributed by atoms with van der Waals surface area (Å²) in [5.41, 5.74) is 2.97. The van der Waals surface area contributed by atoms with E-state index >= 15 is 0 Å². The Labute approximate surface area is 172 Å². The van der Waals surface area contributed by atoms with E-state index in [1.807, 2.05) is 51.1 Å². The lowest BCUT2D eigenvalue weighted by Gasteiger charge is -2.14. The highest BCUT2D eigenvalue weighted by atomic mass is 127. The number of aryl methyl sites for hydroxylation is 1. The molecule has 0 fully saturated rings. The quantitative estimate of drug-likeness (QED) is 0.364. The predicted octanol–water partition coefficient (Wildman–Crippen LogP) is 3.99. The van der Waals surface area contributed by atoms with Crippen molar-refractivity contribution in [2.24, 2.45) is 4.99 Å². The van der Waals surface area contributed by atoms with Gasteiger partial charge in [0.1, 0.15) is 0 Å². The Kier molecular flexibility index (Phi) is 9.79. The first-order chi connectivity index (χ1) is 12.2. The molecular weight excluding hydrogens is 443 g/mol. The van der Waals surface area contributed by atoms with Crippen molar-refractivity contribution in [1.82, 2.24) is 10.3 Å². The molecular formula is C19H27IN4O2. The molecule has 26 heavy (non-hydrogen) atoms. The molecule has 0 aliphatic rings. The van der Waals surface area contributed by atoms with E-state index in [4.69, 9.17) is 9.47 Å². The second-order valence-corrected chi connectivity index (χ2v) is 5.39. The zero-order chi connectivity index (χ0) is 18.1. The Balaban J connectivity index is 0.00000338. The Bertz CT molecular complexity index is 722. The maximum atomic E-state index is 5.62. The largest absolute Gasteiger partial charge is 0.493 e. The maximum absolute atomic E-state index is 5.62. The second-order valence-electron chi connectivity index (χ2n) is 5.39. The van der Waals surface area contributed by atoms with Crippen LogP contribution in [0.3, 0.4) is 0 Å². The Morgan fingerprint density at radius 1 is 1.19 bits per heavy atom. The number of aliphatic imine (C=N–C) groups is 1. The molecule has 1 heterocycles. The van der Waals surface area contributed by atoms with Crippen LogP contribution in [0.4, 0.5) is 5.69 Å². The van der Waals surface area contributed by atoms with E-state index < -0.39 is 0 Å². The van der Waals surface area contributed by atoms with Gasteiger partial charge in [0.15, 0.2) is 17.5 Å². The van der Waals surface area contributed by atoms with Crippen LogP contribution < -0.4 is 20.1 Å². The zero-order valence-corrected chi connectivity index (χ0v) is 18.0. The molecule has 0 saturated carbocycles. The molecule has 0 saturated heterocycles. The van der Waals surface area contributed by atoms with Gasteiger partial charge in [-0.2, -0.15) is 0 Å². The van der Waals surface area contributed by atoms with E-state index in [1.54, 1.807) is 13.3 Å². The molecule has 0 aliphatic heterocycles. The van der Waals surface area contributed by atoms with Crippen LogP contribution in [0.1, 0.15) is 25.1 Å². The van der Waals surface area contributed by atoms with Crippen LogP contribution in [-0.2, 0) is 6.54 Å². The number of methoxy groups -OCH3 is 1. The first-order valence-electron chi connectivity index (χ1n) is 8.44. The average Bonchev–Trinajstić information content (AvgIpc) is 2.61. The van der Waals surface area contributed by atoms with Crippen molar-refractivity contribution in [1.29, 1.82) is 0 Å². The lowest BCUT2D eigenvalue weighted by molar-refractivity contribution is 0.311. The lowest BCUT2D eigenvalue weighted by atomic mass is 10.2. The minimum Gasteiger partial charge on any atom is -0.493 e. The molecule has 2 aromatic rings. The fourth-order valence-corrected chi connectivity index (χ4v) is 2.30. The number of ether oxygens (including phenoxy) is 2. The van der Waals surface area contributed by atoms with Crippen molar-refractivity contribution in [3.8, 4) is 11.5 Å². The van der Waals surface area contributed by atoms with Gasteiger partial charge in [0, 0.05) is 24.5 Å². The standard InChI is InChI=1S/C19H26N4O2.HI/c1-5-20-19(22-13-16-14(3)8-7-11-21-16)23-15-9-10-17(24-4)18(12-15)25-6-2;/h7-12H,5-6,13H2,1-4H3,(H2,20,22,23);1H. The second kappa shape index (κ2) is 11.6. The Morgan fingerprint density at radius 3 is 2.65 bits per heavy atom. The smallest absolute Gasteiger partial charge is 0.196 e. The van der Waals surface area contributed by atoms with Gasteiger partial charge < -0.3 is 20.1 Å². The van der Waals surface area contributed by atoms with Gasteiger partial charge in [-0.15, -0.1) is 24.0 Å². The van der Waals surface area contributed by atoms with Crippen LogP contribution in [0, 0.1) is 6.92 Å². The van der Waals surface area contributed by atoms with Gasteiger partial charge in [0.2, 0.25) is 0 Å². The normalized spacial score (nSPS) is 10.7. The lowest BCUT2D eigenvalue weighted by Crippen LogP contribution is -2.30. The number of anilines is 1. The summed E-state index contributed by atoms with van der Waals surface area (Å²) >= 11 is 0. The predicted molar refractivity (Wildman–Crippen MR) is 117 cm³/mol. The van der Waals surface area contributed by atoms with E-state index in [2.05, 4.69) is 20.6 Å². The van der Waals surface area contributed by atoms with Crippen molar-refractivity contribution >= 4 is 35.6 Å². The van der Waals surface area contributed by atoms with Gasteiger partial charge in [0.25, 0.3) is 0 Å². The molecule has 2 N–H and O–H groups in total. The monoisotopic (exact) mass is 470 g/mol. The number of hydrogen-bond acceptors (Lipinski definition) is 4. The van der Waals surface area contributed by atoms with Crippen molar-refractivity contribution < 1.29 is 9.47 Å². The summed E-state index contributed by atoms with van der Waals surface area (Å²) in [4.78, 5) is 9.00. The number of nitrogens with one attached hydrogen (secondary N) is 2. The van der Waals surface area contributed by atoms with Crippen LogP contribution in [-0.4, -0.2) is 31.2 Å². The van der Waals surface area contributed by atoms with Crippen molar-refractivity contribution in [2.45, 2.75) is 27.3 Å². The molecule has 0 amide bonds. The highest BCUT2D eigenvalue weighted by Gasteiger charge is 2.07. The minimum absolute atomic E-state index is 0. The van der Waals surface area contributed by atoms with Crippen LogP contribution >= 0.6 is 24.0 Å². The van der Waals surface area contributed by atoms with Gasteiger partial charge in [-0.25, -0.2) is 4.99 Å².